The van der Waals surface area contributed by atoms with E-state index in [1.807, 2.05) is 24.3 Å². The van der Waals surface area contributed by atoms with Crippen LogP contribution in [0.4, 0.5) is 0 Å². The molecule has 0 fully saturated rings. The highest BCUT2D eigenvalue weighted by molar-refractivity contribution is 6.09. The number of amides is 1. The molecule has 1 amide bonds. The van der Waals surface area contributed by atoms with E-state index in [4.69, 9.17) is 10.8 Å². The van der Waals surface area contributed by atoms with Crippen molar-refractivity contribution in [2.45, 2.75) is 38.1 Å². The first-order valence-electron chi connectivity index (χ1n) is 9.36. The summed E-state index contributed by atoms with van der Waals surface area (Å²) in [4.78, 5) is 35.6. The quantitative estimate of drug-likeness (QED) is 0.432. The summed E-state index contributed by atoms with van der Waals surface area (Å²) in [6.07, 6.45) is 1.67. The number of nitrogens with one attached hydrogen (secondary N) is 1. The van der Waals surface area contributed by atoms with Crippen molar-refractivity contribution < 1.29 is 19.5 Å². The molecule has 0 saturated heterocycles. The van der Waals surface area contributed by atoms with Gasteiger partial charge in [0.2, 0.25) is 5.91 Å². The highest BCUT2D eigenvalue weighted by Gasteiger charge is 2.17. The molecule has 28 heavy (non-hydrogen) atoms. The van der Waals surface area contributed by atoms with Crippen molar-refractivity contribution in [2.75, 3.05) is 6.54 Å². The topological polar surface area (TPSA) is 109 Å². The molecule has 4 N–H and O–H groups in total. The fourth-order valence-corrected chi connectivity index (χ4v) is 2.83. The number of carbonyl (C=O) groups is 3. The molecule has 2 atom stereocenters. The van der Waals surface area contributed by atoms with Gasteiger partial charge in [-0.3, -0.25) is 14.4 Å². The second-order valence-electron chi connectivity index (χ2n) is 6.77. The Morgan fingerprint density at radius 3 is 2.36 bits per heavy atom. The van der Waals surface area contributed by atoms with Gasteiger partial charge >= 0.3 is 5.97 Å². The lowest BCUT2D eigenvalue weighted by Crippen LogP contribution is -2.31. The predicted octanol–water partition coefficient (Wildman–Crippen LogP) is 2.72. The van der Waals surface area contributed by atoms with Crippen molar-refractivity contribution in [1.29, 1.82) is 0 Å². The molecule has 0 aliphatic rings. The Morgan fingerprint density at radius 2 is 1.68 bits per heavy atom. The maximum Gasteiger partial charge on any atom is 0.320 e. The van der Waals surface area contributed by atoms with E-state index in [-0.39, 0.29) is 11.7 Å². The molecule has 2 aromatic rings. The molecular formula is C22H26N2O4. The minimum absolute atomic E-state index is 0.0789. The van der Waals surface area contributed by atoms with Gasteiger partial charge in [-0.05, 0) is 37.8 Å². The smallest absolute Gasteiger partial charge is 0.320 e. The summed E-state index contributed by atoms with van der Waals surface area (Å²) in [6.45, 7) is 2.25. The van der Waals surface area contributed by atoms with Gasteiger partial charge in [0.25, 0.3) is 0 Å². The third-order valence-corrected chi connectivity index (χ3v) is 4.64. The number of carbonyl (C=O) groups excluding carboxylic acids is 2. The van der Waals surface area contributed by atoms with E-state index in [0.717, 1.165) is 5.56 Å². The second kappa shape index (κ2) is 10.4. The van der Waals surface area contributed by atoms with Crippen LogP contribution < -0.4 is 11.1 Å². The molecule has 0 aliphatic heterocycles. The normalized spacial score (nSPS) is 12.8. The van der Waals surface area contributed by atoms with Crippen molar-refractivity contribution in [3.63, 3.8) is 0 Å². The Kier molecular flexibility index (Phi) is 7.89. The number of unbranched alkanes of at least 4 members (excludes halogenated alkanes) is 1. The molecule has 1 unspecified atom stereocenters. The number of hydrogen-bond donors (Lipinski definition) is 3. The molecule has 2 aromatic carbocycles. The predicted molar refractivity (Wildman–Crippen MR) is 107 cm³/mol. The van der Waals surface area contributed by atoms with Gasteiger partial charge in [-0.1, -0.05) is 48.5 Å². The maximum atomic E-state index is 12.6. The Balaban J connectivity index is 1.89. The molecule has 0 bridgehead atoms. The Hall–Kier alpha value is -2.99. The third-order valence-electron chi connectivity index (χ3n) is 4.64. The second-order valence-corrected chi connectivity index (χ2v) is 6.77. The highest BCUT2D eigenvalue weighted by atomic mass is 16.4. The number of ketones is 1. The van der Waals surface area contributed by atoms with Crippen molar-refractivity contribution in [3.05, 3.63) is 71.3 Å². The van der Waals surface area contributed by atoms with Gasteiger partial charge < -0.3 is 16.2 Å². The van der Waals surface area contributed by atoms with Crippen LogP contribution in [0.1, 0.15) is 53.6 Å². The van der Waals surface area contributed by atoms with Crippen LogP contribution in [0.3, 0.4) is 0 Å². The van der Waals surface area contributed by atoms with Crippen LogP contribution in [0.2, 0.25) is 0 Å². The average Bonchev–Trinajstić information content (AvgIpc) is 2.72. The summed E-state index contributed by atoms with van der Waals surface area (Å²) in [6, 6.07) is 15.3. The number of hydrogen-bond acceptors (Lipinski definition) is 4. The summed E-state index contributed by atoms with van der Waals surface area (Å²) >= 11 is 0. The monoisotopic (exact) mass is 382 g/mol. The number of aliphatic carboxylic acids is 1. The zero-order valence-corrected chi connectivity index (χ0v) is 15.9. The molecule has 0 spiro atoms. The molecule has 0 aromatic heterocycles. The molecular weight excluding hydrogens is 356 g/mol. The first kappa shape index (κ1) is 21.3. The summed E-state index contributed by atoms with van der Waals surface area (Å²) in [5.41, 5.74) is 7.37. The van der Waals surface area contributed by atoms with E-state index in [0.29, 0.717) is 36.9 Å². The molecule has 0 heterocycles. The van der Waals surface area contributed by atoms with Crippen LogP contribution in [-0.4, -0.2) is 35.4 Å². The molecule has 148 valence electrons. The van der Waals surface area contributed by atoms with E-state index in [2.05, 4.69) is 5.32 Å². The van der Waals surface area contributed by atoms with Crippen molar-refractivity contribution >= 4 is 17.7 Å². The van der Waals surface area contributed by atoms with Gasteiger partial charge in [0.1, 0.15) is 6.04 Å². The van der Waals surface area contributed by atoms with E-state index in [1.165, 1.54) is 0 Å². The van der Waals surface area contributed by atoms with Crippen LogP contribution in [0.15, 0.2) is 54.6 Å². The highest BCUT2D eigenvalue weighted by Crippen LogP contribution is 2.19. The van der Waals surface area contributed by atoms with Crippen molar-refractivity contribution in [3.8, 4) is 0 Å². The Bertz CT molecular complexity index is 820. The SMILES string of the molecule is CC(C(=O)NCCCC[C@H](N)C(=O)O)c1cccc(C(=O)c2ccccc2)c1. The average molecular weight is 382 g/mol. The largest absolute Gasteiger partial charge is 0.480 e. The van der Waals surface area contributed by atoms with Crippen LogP contribution in [-0.2, 0) is 9.59 Å². The number of benzene rings is 2. The third kappa shape index (κ3) is 6.03. The van der Waals surface area contributed by atoms with Crippen LogP contribution >= 0.6 is 0 Å². The van der Waals surface area contributed by atoms with Gasteiger partial charge in [0.05, 0.1) is 5.92 Å². The lowest BCUT2D eigenvalue weighted by Gasteiger charge is -2.14. The van der Waals surface area contributed by atoms with Gasteiger partial charge in [-0.25, -0.2) is 0 Å². The van der Waals surface area contributed by atoms with Gasteiger partial charge in [0.15, 0.2) is 5.78 Å². The zero-order valence-electron chi connectivity index (χ0n) is 15.9. The molecule has 6 heteroatoms. The van der Waals surface area contributed by atoms with Gasteiger partial charge in [-0.15, -0.1) is 0 Å². The summed E-state index contributed by atoms with van der Waals surface area (Å²) < 4.78 is 0. The first-order valence-corrected chi connectivity index (χ1v) is 9.36. The number of carboxylic acid groups (broad SMARTS) is 1. The Morgan fingerprint density at radius 1 is 1.00 bits per heavy atom. The van der Waals surface area contributed by atoms with Gasteiger partial charge in [0, 0.05) is 17.7 Å². The minimum atomic E-state index is -1.01. The molecule has 6 nitrogen and oxygen atoms in total. The van der Waals surface area contributed by atoms with Crippen LogP contribution in [0.25, 0.3) is 0 Å². The summed E-state index contributed by atoms with van der Waals surface area (Å²) in [5.74, 6) is -1.62. The van der Waals surface area contributed by atoms with E-state index in [1.54, 1.807) is 37.3 Å². The minimum Gasteiger partial charge on any atom is -0.480 e. The molecule has 0 aliphatic carbocycles. The number of rotatable bonds is 10. The fraction of sp³-hybridized carbons (Fsp3) is 0.318. The van der Waals surface area contributed by atoms with Crippen molar-refractivity contribution in [1.82, 2.24) is 5.32 Å². The van der Waals surface area contributed by atoms with Crippen molar-refractivity contribution in [2.24, 2.45) is 5.73 Å². The lowest BCUT2D eigenvalue weighted by atomic mass is 9.95. The van der Waals surface area contributed by atoms with Gasteiger partial charge in [-0.2, -0.15) is 0 Å². The standard InChI is InChI=1S/C22H26N2O4/c1-15(21(26)24-13-6-5-12-19(23)22(27)28)17-10-7-11-18(14-17)20(25)16-8-3-2-4-9-16/h2-4,7-11,14-15,19H,5-6,12-13,23H2,1H3,(H,24,26)(H,27,28)/t15?,19-/m0/s1. The van der Waals surface area contributed by atoms with E-state index >= 15 is 0 Å². The van der Waals surface area contributed by atoms with Crippen LogP contribution in [0.5, 0.6) is 0 Å². The van der Waals surface area contributed by atoms with E-state index < -0.39 is 17.9 Å². The number of carboxylic acids is 1. The number of nitrogens with two attached hydrogens (primary N) is 1. The summed E-state index contributed by atoms with van der Waals surface area (Å²) in [5, 5.41) is 11.6. The summed E-state index contributed by atoms with van der Waals surface area (Å²) in [7, 11) is 0. The molecule has 0 radical (unpaired) electrons. The molecule has 0 saturated carbocycles. The Labute approximate surface area is 164 Å². The van der Waals surface area contributed by atoms with E-state index in [9.17, 15) is 14.4 Å². The zero-order chi connectivity index (χ0) is 20.5. The van der Waals surface area contributed by atoms with Crippen LogP contribution in [0, 0.1) is 0 Å². The maximum absolute atomic E-state index is 12.6. The lowest BCUT2D eigenvalue weighted by molar-refractivity contribution is -0.138. The molecule has 2 rings (SSSR count). The fourth-order valence-electron chi connectivity index (χ4n) is 2.83. The first-order chi connectivity index (χ1) is 13.4.